The average molecular weight is 310 g/mol. The third kappa shape index (κ3) is 3.10. The van der Waals surface area contributed by atoms with Gasteiger partial charge < -0.3 is 5.32 Å². The summed E-state index contributed by atoms with van der Waals surface area (Å²) in [5.74, 6) is -0.685. The molecular weight excluding hydrogens is 301 g/mol. The number of carbonyl (C=O) groups is 1. The van der Waals surface area contributed by atoms with Gasteiger partial charge in [-0.05, 0) is 40.2 Å². The second kappa shape index (κ2) is 5.68. The number of halogens is 2. The zero-order chi connectivity index (χ0) is 13.0. The molecule has 0 saturated carbocycles. The summed E-state index contributed by atoms with van der Waals surface area (Å²) in [6.45, 7) is 0.297. The van der Waals surface area contributed by atoms with Crippen LogP contribution in [0.2, 0.25) is 0 Å². The minimum Gasteiger partial charge on any atom is -0.346 e. The molecular formula is C12H9BrFN3O. The van der Waals surface area contributed by atoms with Crippen LogP contribution in [0.3, 0.4) is 0 Å². The molecule has 0 aliphatic rings. The second-order valence-corrected chi connectivity index (χ2v) is 4.36. The average Bonchev–Trinajstić information content (AvgIpc) is 2.37. The van der Waals surface area contributed by atoms with Crippen molar-refractivity contribution in [2.45, 2.75) is 6.54 Å². The Hall–Kier alpha value is -1.82. The lowest BCUT2D eigenvalue weighted by Crippen LogP contribution is -2.23. The normalized spacial score (nSPS) is 10.1. The van der Waals surface area contributed by atoms with Crippen molar-refractivity contribution < 1.29 is 9.18 Å². The fraction of sp³-hybridized carbons (Fsp3) is 0.0833. The maximum atomic E-state index is 12.9. The Balaban J connectivity index is 2.04. The molecule has 2 rings (SSSR count). The highest BCUT2D eigenvalue weighted by atomic mass is 79.9. The molecule has 0 aliphatic heterocycles. The molecule has 18 heavy (non-hydrogen) atoms. The molecule has 0 unspecified atom stereocenters. The van der Waals surface area contributed by atoms with Gasteiger partial charge in [-0.1, -0.05) is 0 Å². The molecule has 0 atom stereocenters. The molecule has 0 aliphatic carbocycles. The fourth-order valence-corrected chi connectivity index (χ4v) is 1.89. The molecule has 0 radical (unpaired) electrons. The monoisotopic (exact) mass is 309 g/mol. The van der Waals surface area contributed by atoms with E-state index in [0.29, 0.717) is 22.3 Å². The largest absolute Gasteiger partial charge is 0.346 e. The van der Waals surface area contributed by atoms with Gasteiger partial charge in [0, 0.05) is 10.7 Å². The van der Waals surface area contributed by atoms with E-state index in [4.69, 9.17) is 0 Å². The summed E-state index contributed by atoms with van der Waals surface area (Å²) in [6.07, 6.45) is 3.01. The maximum Gasteiger partial charge on any atom is 0.252 e. The van der Waals surface area contributed by atoms with Crippen LogP contribution in [0.25, 0.3) is 0 Å². The summed E-state index contributed by atoms with van der Waals surface area (Å²) in [5, 5.41) is 2.69. The van der Waals surface area contributed by atoms with E-state index in [1.54, 1.807) is 12.3 Å². The van der Waals surface area contributed by atoms with Crippen LogP contribution in [0.4, 0.5) is 4.39 Å². The molecule has 1 heterocycles. The van der Waals surface area contributed by atoms with E-state index < -0.39 is 5.82 Å². The van der Waals surface area contributed by atoms with Crippen LogP contribution in [-0.4, -0.2) is 15.9 Å². The molecule has 0 spiro atoms. The van der Waals surface area contributed by atoms with Gasteiger partial charge in [-0.25, -0.2) is 14.4 Å². The second-order valence-electron chi connectivity index (χ2n) is 3.51. The van der Waals surface area contributed by atoms with Crippen LogP contribution in [0.15, 0.2) is 41.3 Å². The number of amides is 1. The van der Waals surface area contributed by atoms with Crippen LogP contribution in [0, 0.1) is 5.82 Å². The van der Waals surface area contributed by atoms with Gasteiger partial charge in [0.05, 0.1) is 17.8 Å². The van der Waals surface area contributed by atoms with Crippen molar-refractivity contribution in [3.63, 3.8) is 0 Å². The number of aromatic nitrogens is 2. The molecule has 2 aromatic rings. The molecule has 1 aromatic heterocycles. The molecule has 92 valence electrons. The summed E-state index contributed by atoms with van der Waals surface area (Å²) in [4.78, 5) is 19.6. The number of hydrogen-bond donors (Lipinski definition) is 1. The van der Waals surface area contributed by atoms with Crippen LogP contribution in [0.1, 0.15) is 16.1 Å². The van der Waals surface area contributed by atoms with E-state index in [9.17, 15) is 9.18 Å². The summed E-state index contributed by atoms with van der Waals surface area (Å²) >= 11 is 3.15. The fourth-order valence-electron chi connectivity index (χ4n) is 1.36. The summed E-state index contributed by atoms with van der Waals surface area (Å²) in [6, 6.07) is 5.62. The van der Waals surface area contributed by atoms with Crippen molar-refractivity contribution in [1.29, 1.82) is 0 Å². The summed E-state index contributed by atoms with van der Waals surface area (Å²) in [7, 11) is 0. The van der Waals surface area contributed by atoms with Gasteiger partial charge in [0.2, 0.25) is 0 Å². The quantitative estimate of drug-likeness (QED) is 0.946. The van der Waals surface area contributed by atoms with Crippen molar-refractivity contribution in [2.24, 2.45) is 0 Å². The molecule has 0 saturated heterocycles. The molecule has 0 fully saturated rings. The van der Waals surface area contributed by atoms with Gasteiger partial charge in [-0.3, -0.25) is 4.79 Å². The molecule has 6 heteroatoms. The van der Waals surface area contributed by atoms with Crippen LogP contribution in [-0.2, 0) is 6.54 Å². The Labute approximate surface area is 111 Å². The summed E-state index contributed by atoms with van der Waals surface area (Å²) < 4.78 is 13.3. The van der Waals surface area contributed by atoms with Crippen LogP contribution in [0.5, 0.6) is 0 Å². The Kier molecular flexibility index (Phi) is 3.99. The minimum absolute atomic E-state index is 0.291. The first kappa shape index (κ1) is 12.6. The first-order chi connectivity index (χ1) is 8.66. The molecule has 1 amide bonds. The van der Waals surface area contributed by atoms with E-state index in [2.05, 4.69) is 31.2 Å². The zero-order valence-electron chi connectivity index (χ0n) is 9.23. The summed E-state index contributed by atoms with van der Waals surface area (Å²) in [5.41, 5.74) is 1.09. The van der Waals surface area contributed by atoms with E-state index in [1.165, 1.54) is 24.5 Å². The van der Waals surface area contributed by atoms with Gasteiger partial charge in [0.25, 0.3) is 5.91 Å². The van der Waals surface area contributed by atoms with E-state index in [-0.39, 0.29) is 5.91 Å². The predicted octanol–water partition coefficient (Wildman–Crippen LogP) is 2.31. The van der Waals surface area contributed by atoms with Crippen LogP contribution >= 0.6 is 15.9 Å². The maximum absolute atomic E-state index is 12.9. The number of nitrogens with one attached hydrogen (secondary N) is 1. The number of carbonyl (C=O) groups excluding carboxylic acids is 1. The third-order valence-electron chi connectivity index (χ3n) is 2.25. The van der Waals surface area contributed by atoms with Gasteiger partial charge in [-0.15, -0.1) is 0 Å². The topological polar surface area (TPSA) is 54.9 Å². The van der Waals surface area contributed by atoms with Crippen molar-refractivity contribution in [2.75, 3.05) is 0 Å². The SMILES string of the molecule is O=C(NCc1ccncn1)c1ccc(F)cc1Br. The number of rotatable bonds is 3. The van der Waals surface area contributed by atoms with Gasteiger partial charge in [0.15, 0.2) is 0 Å². The van der Waals surface area contributed by atoms with E-state index in [1.807, 2.05) is 0 Å². The highest BCUT2D eigenvalue weighted by molar-refractivity contribution is 9.10. The Morgan fingerprint density at radius 1 is 1.39 bits per heavy atom. The highest BCUT2D eigenvalue weighted by Crippen LogP contribution is 2.17. The Morgan fingerprint density at radius 3 is 2.89 bits per heavy atom. The molecule has 4 nitrogen and oxygen atoms in total. The highest BCUT2D eigenvalue weighted by Gasteiger charge is 2.10. The lowest BCUT2D eigenvalue weighted by atomic mass is 10.2. The van der Waals surface area contributed by atoms with Crippen molar-refractivity contribution in [3.8, 4) is 0 Å². The number of nitrogens with zero attached hydrogens (tertiary/aromatic N) is 2. The van der Waals surface area contributed by atoms with Gasteiger partial charge in [0.1, 0.15) is 12.1 Å². The molecule has 1 N–H and O–H groups in total. The van der Waals surface area contributed by atoms with Crippen molar-refractivity contribution in [3.05, 3.63) is 58.3 Å². The standard InChI is InChI=1S/C12H9BrFN3O/c13-11-5-8(14)1-2-10(11)12(18)16-6-9-3-4-15-7-17-9/h1-5,7H,6H2,(H,16,18). The zero-order valence-corrected chi connectivity index (χ0v) is 10.8. The molecule has 1 aromatic carbocycles. The smallest absolute Gasteiger partial charge is 0.252 e. The van der Waals surface area contributed by atoms with Crippen molar-refractivity contribution >= 4 is 21.8 Å². The van der Waals surface area contributed by atoms with Gasteiger partial charge >= 0.3 is 0 Å². The first-order valence-electron chi connectivity index (χ1n) is 5.15. The van der Waals surface area contributed by atoms with Crippen LogP contribution < -0.4 is 5.32 Å². The predicted molar refractivity (Wildman–Crippen MR) is 67.3 cm³/mol. The first-order valence-corrected chi connectivity index (χ1v) is 5.94. The number of hydrogen-bond acceptors (Lipinski definition) is 3. The number of benzene rings is 1. The minimum atomic E-state index is -0.394. The Bertz CT molecular complexity index is 563. The van der Waals surface area contributed by atoms with E-state index in [0.717, 1.165) is 0 Å². The van der Waals surface area contributed by atoms with Crippen molar-refractivity contribution in [1.82, 2.24) is 15.3 Å². The lowest BCUT2D eigenvalue weighted by molar-refractivity contribution is 0.0949. The molecule has 0 bridgehead atoms. The van der Waals surface area contributed by atoms with Gasteiger partial charge in [-0.2, -0.15) is 0 Å². The Morgan fingerprint density at radius 2 is 2.22 bits per heavy atom. The lowest BCUT2D eigenvalue weighted by Gasteiger charge is -2.06. The third-order valence-corrected chi connectivity index (χ3v) is 2.91. The van der Waals surface area contributed by atoms with E-state index >= 15 is 0 Å².